The molecule has 0 unspecified atom stereocenters. The van der Waals surface area contributed by atoms with Gasteiger partial charge in [-0.05, 0) is 0 Å². The summed E-state index contributed by atoms with van der Waals surface area (Å²) in [7, 11) is 1.08. The molecule has 0 atom stereocenters. The van der Waals surface area contributed by atoms with Crippen LogP contribution in [0, 0.1) is 0 Å². The Morgan fingerprint density at radius 2 is 0.625 bits per heavy atom. The summed E-state index contributed by atoms with van der Waals surface area (Å²) in [5, 5.41) is 10.8. The second-order valence-electron chi connectivity index (χ2n) is 7.14. The molecule has 2 radical (unpaired) electrons. The van der Waals surface area contributed by atoms with Gasteiger partial charge in [0, 0.05) is 9.52 Å². The van der Waals surface area contributed by atoms with Crippen molar-refractivity contribution in [2.45, 2.75) is 13.1 Å². The van der Waals surface area contributed by atoms with Gasteiger partial charge in [-0.15, -0.1) is 79.5 Å². The molecule has 0 N–H and O–H groups in total. The average molecular weight is 551 g/mol. The Morgan fingerprint density at radius 3 is 0.844 bits per heavy atom. The van der Waals surface area contributed by atoms with Crippen LogP contribution >= 0.6 is 0 Å². The number of hydrogen-bond donors (Lipinski definition) is 0. The summed E-state index contributed by atoms with van der Waals surface area (Å²) in [6.07, 6.45) is 0. The van der Waals surface area contributed by atoms with Crippen molar-refractivity contribution >= 4 is 52.6 Å². The van der Waals surface area contributed by atoms with Gasteiger partial charge in [-0.2, -0.15) is 0 Å². The van der Waals surface area contributed by atoms with Gasteiger partial charge < -0.3 is 24.8 Å². The molecule has 0 aliphatic carbocycles. The van der Waals surface area contributed by atoms with E-state index in [9.17, 15) is 0 Å². The van der Waals surface area contributed by atoms with E-state index in [0.29, 0.717) is 0 Å². The van der Waals surface area contributed by atoms with Gasteiger partial charge in [-0.25, -0.2) is 0 Å². The Kier molecular flexibility index (Phi) is 12.2. The molecule has 0 nitrogen and oxygen atoms in total. The summed E-state index contributed by atoms with van der Waals surface area (Å²) < 4.78 is 0. The van der Waals surface area contributed by atoms with Crippen molar-refractivity contribution in [1.82, 2.24) is 0 Å². The molecule has 6 rings (SSSR count). The zero-order chi connectivity index (χ0) is 20.1. The Balaban J connectivity index is 0.000000264. The molecule has 0 aromatic heterocycles. The van der Waals surface area contributed by atoms with Crippen LogP contribution in [0.2, 0.25) is 13.1 Å². The molecular formula is C28H24Cl2SiZr. The third kappa shape index (κ3) is 6.21. The monoisotopic (exact) mass is 548 g/mol. The quantitative estimate of drug-likeness (QED) is 0.201. The number of rotatable bonds is 0. The molecular weight excluding hydrogens is 527 g/mol. The van der Waals surface area contributed by atoms with E-state index in [2.05, 4.69) is 122 Å². The molecule has 4 heteroatoms. The molecule has 32 heavy (non-hydrogen) atoms. The van der Waals surface area contributed by atoms with Crippen LogP contribution in [0.3, 0.4) is 0 Å². The predicted molar refractivity (Wildman–Crippen MR) is 132 cm³/mol. The summed E-state index contributed by atoms with van der Waals surface area (Å²) >= 11 is 0. The molecule has 158 valence electrons. The Bertz CT molecular complexity index is 1160. The Morgan fingerprint density at radius 1 is 0.438 bits per heavy atom. The van der Waals surface area contributed by atoms with E-state index >= 15 is 0 Å². The van der Waals surface area contributed by atoms with Crippen LogP contribution in [-0.4, -0.2) is 9.52 Å². The summed E-state index contributed by atoms with van der Waals surface area (Å²) in [5.74, 6) is 0. The van der Waals surface area contributed by atoms with E-state index in [0.717, 1.165) is 9.52 Å². The van der Waals surface area contributed by atoms with Gasteiger partial charge in [0.1, 0.15) is 0 Å². The molecule has 0 aliphatic heterocycles. The number of benzene rings is 4. The first-order valence-corrected chi connectivity index (χ1v) is 12.0. The summed E-state index contributed by atoms with van der Waals surface area (Å²) in [6, 6.07) is 38.5. The van der Waals surface area contributed by atoms with Crippen molar-refractivity contribution in [3.63, 3.8) is 0 Å². The smallest absolute Gasteiger partial charge is 1.00 e. The third-order valence-corrected chi connectivity index (χ3v) is 5.05. The first kappa shape index (κ1) is 28.3. The maximum absolute atomic E-state index is 2.24. The van der Waals surface area contributed by atoms with Crippen molar-refractivity contribution in [3.05, 3.63) is 109 Å². The van der Waals surface area contributed by atoms with Crippen molar-refractivity contribution in [2.24, 2.45) is 0 Å². The van der Waals surface area contributed by atoms with E-state index in [1.54, 1.807) is 0 Å². The second-order valence-corrected chi connectivity index (χ2v) is 8.14. The Hall–Kier alpha value is -1.70. The van der Waals surface area contributed by atoms with E-state index in [4.69, 9.17) is 0 Å². The molecule has 0 fully saturated rings. The van der Waals surface area contributed by atoms with Crippen LogP contribution < -0.4 is 24.8 Å². The summed E-state index contributed by atoms with van der Waals surface area (Å²) in [5.41, 5.74) is 0. The SMILES string of the molecule is C[Si]C.[Cl-].[Cl-].[Zr+4].c1ccc2c(c1)[cH-]c1ccccc12.c1ccc2c(c1)[cH-]c1ccccc12. The molecule has 0 aliphatic rings. The van der Waals surface area contributed by atoms with Crippen molar-refractivity contribution in [2.75, 3.05) is 0 Å². The molecule has 0 saturated carbocycles. The second kappa shape index (κ2) is 13.8. The van der Waals surface area contributed by atoms with Gasteiger partial charge in [0.25, 0.3) is 0 Å². The van der Waals surface area contributed by atoms with Gasteiger partial charge in [0.05, 0.1) is 0 Å². The minimum absolute atomic E-state index is 0. The van der Waals surface area contributed by atoms with Crippen LogP contribution in [0.1, 0.15) is 0 Å². The topological polar surface area (TPSA) is 0 Å². The molecule has 0 amide bonds. The van der Waals surface area contributed by atoms with Crippen LogP contribution in [0.15, 0.2) is 109 Å². The standard InChI is InChI=1S/2C13H9.C2H6Si.2ClH.Zr/c2*1-3-7-12-10(5-1)9-11-6-2-4-8-13(11)12;1-3-2;;;/h2*1-9H;1-2H3;2*1H;/q2*-1;;;;+4/p-2. The minimum atomic E-state index is 0. The molecule has 0 bridgehead atoms. The van der Waals surface area contributed by atoms with Crippen LogP contribution in [0.5, 0.6) is 0 Å². The molecule has 0 spiro atoms. The number of hydrogen-bond acceptors (Lipinski definition) is 0. The summed E-state index contributed by atoms with van der Waals surface area (Å²) in [6.45, 7) is 4.31. The third-order valence-electron chi connectivity index (χ3n) is 5.05. The fourth-order valence-electron chi connectivity index (χ4n) is 3.81. The van der Waals surface area contributed by atoms with E-state index in [-0.39, 0.29) is 51.0 Å². The Labute approximate surface area is 224 Å². The average Bonchev–Trinajstić information content (AvgIpc) is 3.33. The van der Waals surface area contributed by atoms with Crippen molar-refractivity contribution < 1.29 is 51.0 Å². The molecule has 6 aromatic rings. The van der Waals surface area contributed by atoms with Crippen molar-refractivity contribution in [3.8, 4) is 0 Å². The van der Waals surface area contributed by atoms with Gasteiger partial charge in [0.2, 0.25) is 0 Å². The van der Waals surface area contributed by atoms with E-state index in [1.165, 1.54) is 43.1 Å². The minimum Gasteiger partial charge on any atom is -1.00 e. The van der Waals surface area contributed by atoms with Crippen LogP contribution in [0.25, 0.3) is 43.1 Å². The van der Waals surface area contributed by atoms with E-state index < -0.39 is 0 Å². The number of halogens is 2. The first-order chi connectivity index (χ1) is 14.3. The van der Waals surface area contributed by atoms with Gasteiger partial charge in [-0.1, -0.05) is 85.9 Å². The van der Waals surface area contributed by atoms with Crippen LogP contribution in [0.4, 0.5) is 0 Å². The normalized spacial score (nSPS) is 9.56. The maximum atomic E-state index is 2.24. The maximum Gasteiger partial charge on any atom is 4.00 e. The van der Waals surface area contributed by atoms with Crippen LogP contribution in [-0.2, 0) is 26.2 Å². The van der Waals surface area contributed by atoms with E-state index in [1.807, 2.05) is 0 Å². The first-order valence-electron chi connectivity index (χ1n) is 9.96. The van der Waals surface area contributed by atoms with Crippen molar-refractivity contribution in [1.29, 1.82) is 0 Å². The fraction of sp³-hybridized carbons (Fsp3) is 0.0714. The van der Waals surface area contributed by atoms with Gasteiger partial charge in [-0.3, -0.25) is 0 Å². The largest absolute Gasteiger partial charge is 4.00 e. The zero-order valence-electron chi connectivity index (χ0n) is 18.1. The predicted octanol–water partition coefficient (Wildman–Crippen LogP) is 2.22. The number of fused-ring (bicyclic) bond motifs is 6. The van der Waals surface area contributed by atoms with Gasteiger partial charge in [0.15, 0.2) is 0 Å². The van der Waals surface area contributed by atoms with Gasteiger partial charge >= 0.3 is 26.2 Å². The molecule has 0 saturated heterocycles. The molecule has 6 aromatic carbocycles. The zero-order valence-corrected chi connectivity index (χ0v) is 23.1. The molecule has 0 heterocycles. The fourth-order valence-corrected chi connectivity index (χ4v) is 3.81. The summed E-state index contributed by atoms with van der Waals surface area (Å²) in [4.78, 5) is 0.